The number of carbonyl (C=O) groups is 1. The average Bonchev–Trinajstić information content (AvgIpc) is 2.58. The lowest BCUT2D eigenvalue weighted by atomic mass is 10.2. The topological polar surface area (TPSA) is 41.6 Å². The molecule has 2 aromatic carbocycles. The molecular formula is C18H22N2O2. The molecule has 0 atom stereocenters. The van der Waals surface area contributed by atoms with Crippen molar-refractivity contribution in [2.75, 3.05) is 27.2 Å². The number of benzene rings is 2. The summed E-state index contributed by atoms with van der Waals surface area (Å²) in [5.74, 6) is 0.781. The van der Waals surface area contributed by atoms with E-state index in [1.807, 2.05) is 49.5 Å². The first-order valence-electron chi connectivity index (χ1n) is 7.37. The molecule has 0 spiro atoms. The predicted octanol–water partition coefficient (Wildman–Crippen LogP) is 2.56. The molecule has 1 N–H and O–H groups in total. The standard InChI is InChI=1S/C18H22N2O2/c1-19-12-13-20(2)18(21)16-8-10-17(11-9-16)22-14-15-6-4-3-5-7-15/h3-11,19H,12-14H2,1-2H3. The lowest BCUT2D eigenvalue weighted by Crippen LogP contribution is -2.32. The summed E-state index contributed by atoms with van der Waals surface area (Å²) in [5, 5.41) is 3.03. The van der Waals surface area contributed by atoms with Crippen molar-refractivity contribution >= 4 is 5.91 Å². The number of nitrogens with zero attached hydrogens (tertiary/aromatic N) is 1. The molecule has 1 amide bonds. The Bertz CT molecular complexity index is 582. The number of carbonyl (C=O) groups excluding carboxylic acids is 1. The maximum atomic E-state index is 12.2. The van der Waals surface area contributed by atoms with E-state index < -0.39 is 0 Å². The van der Waals surface area contributed by atoms with Crippen molar-refractivity contribution < 1.29 is 9.53 Å². The largest absolute Gasteiger partial charge is 0.489 e. The molecule has 0 saturated heterocycles. The Kier molecular flexibility index (Phi) is 5.98. The van der Waals surface area contributed by atoms with E-state index in [1.54, 1.807) is 24.1 Å². The highest BCUT2D eigenvalue weighted by atomic mass is 16.5. The SMILES string of the molecule is CNCCN(C)C(=O)c1ccc(OCc2ccccc2)cc1. The van der Waals surface area contributed by atoms with Gasteiger partial charge in [0.25, 0.3) is 5.91 Å². The lowest BCUT2D eigenvalue weighted by Gasteiger charge is -2.17. The summed E-state index contributed by atoms with van der Waals surface area (Å²) in [4.78, 5) is 13.9. The second-order valence-corrected chi connectivity index (χ2v) is 5.13. The normalized spacial score (nSPS) is 10.3. The summed E-state index contributed by atoms with van der Waals surface area (Å²) in [6.45, 7) is 1.98. The monoisotopic (exact) mass is 298 g/mol. The van der Waals surface area contributed by atoms with Crippen LogP contribution in [0.15, 0.2) is 54.6 Å². The minimum atomic E-state index is 0.0184. The summed E-state index contributed by atoms with van der Waals surface area (Å²) in [6, 6.07) is 17.3. The zero-order valence-electron chi connectivity index (χ0n) is 13.1. The minimum absolute atomic E-state index is 0.0184. The fraction of sp³-hybridized carbons (Fsp3) is 0.278. The number of rotatable bonds is 7. The molecule has 0 saturated carbocycles. The van der Waals surface area contributed by atoms with E-state index in [-0.39, 0.29) is 5.91 Å². The summed E-state index contributed by atoms with van der Waals surface area (Å²) < 4.78 is 5.72. The summed E-state index contributed by atoms with van der Waals surface area (Å²) >= 11 is 0. The number of ether oxygens (including phenoxy) is 1. The minimum Gasteiger partial charge on any atom is -0.489 e. The molecule has 116 valence electrons. The van der Waals surface area contributed by atoms with Crippen molar-refractivity contribution in [2.24, 2.45) is 0 Å². The van der Waals surface area contributed by atoms with E-state index in [0.717, 1.165) is 17.9 Å². The Hall–Kier alpha value is -2.33. The number of likely N-dealkylation sites (N-methyl/N-ethyl adjacent to an activating group) is 2. The molecule has 0 radical (unpaired) electrons. The highest BCUT2D eigenvalue weighted by molar-refractivity contribution is 5.94. The third kappa shape index (κ3) is 4.60. The number of hydrogen-bond acceptors (Lipinski definition) is 3. The van der Waals surface area contributed by atoms with Crippen molar-refractivity contribution in [1.82, 2.24) is 10.2 Å². The van der Waals surface area contributed by atoms with Gasteiger partial charge < -0.3 is 15.0 Å². The van der Waals surface area contributed by atoms with E-state index in [2.05, 4.69) is 5.32 Å². The molecular weight excluding hydrogens is 276 g/mol. The lowest BCUT2D eigenvalue weighted by molar-refractivity contribution is 0.0797. The summed E-state index contributed by atoms with van der Waals surface area (Å²) in [6.07, 6.45) is 0. The first-order chi connectivity index (χ1) is 10.7. The molecule has 0 bridgehead atoms. The van der Waals surface area contributed by atoms with Crippen LogP contribution in [0.1, 0.15) is 15.9 Å². The van der Waals surface area contributed by atoms with Gasteiger partial charge in [0.15, 0.2) is 0 Å². The van der Waals surface area contributed by atoms with Gasteiger partial charge in [-0.2, -0.15) is 0 Å². The van der Waals surface area contributed by atoms with Gasteiger partial charge in [-0.3, -0.25) is 4.79 Å². The van der Waals surface area contributed by atoms with Gasteiger partial charge in [-0.1, -0.05) is 30.3 Å². The molecule has 2 aromatic rings. The molecule has 0 aliphatic rings. The average molecular weight is 298 g/mol. The van der Waals surface area contributed by atoms with Gasteiger partial charge in [-0.25, -0.2) is 0 Å². The van der Waals surface area contributed by atoms with Crippen LogP contribution >= 0.6 is 0 Å². The Morgan fingerprint density at radius 3 is 2.41 bits per heavy atom. The highest BCUT2D eigenvalue weighted by Gasteiger charge is 2.10. The third-order valence-electron chi connectivity index (χ3n) is 3.39. The van der Waals surface area contributed by atoms with Crippen molar-refractivity contribution in [3.05, 3.63) is 65.7 Å². The first kappa shape index (κ1) is 16.0. The van der Waals surface area contributed by atoms with Crippen molar-refractivity contribution in [2.45, 2.75) is 6.61 Å². The van der Waals surface area contributed by atoms with Crippen LogP contribution in [0.4, 0.5) is 0 Å². The third-order valence-corrected chi connectivity index (χ3v) is 3.39. The van der Waals surface area contributed by atoms with E-state index in [4.69, 9.17) is 4.74 Å². The molecule has 0 aromatic heterocycles. The van der Waals surface area contributed by atoms with E-state index in [0.29, 0.717) is 18.7 Å². The zero-order chi connectivity index (χ0) is 15.8. The second kappa shape index (κ2) is 8.20. The smallest absolute Gasteiger partial charge is 0.253 e. The van der Waals surface area contributed by atoms with Crippen LogP contribution in [0, 0.1) is 0 Å². The molecule has 2 rings (SSSR count). The highest BCUT2D eigenvalue weighted by Crippen LogP contribution is 2.15. The maximum Gasteiger partial charge on any atom is 0.253 e. The van der Waals surface area contributed by atoms with Crippen LogP contribution < -0.4 is 10.1 Å². The van der Waals surface area contributed by atoms with Crippen LogP contribution in [-0.4, -0.2) is 38.0 Å². The van der Waals surface area contributed by atoms with Crippen LogP contribution in [0.5, 0.6) is 5.75 Å². The van der Waals surface area contributed by atoms with Crippen LogP contribution in [0.2, 0.25) is 0 Å². The maximum absolute atomic E-state index is 12.2. The first-order valence-corrected chi connectivity index (χ1v) is 7.37. The molecule has 4 nitrogen and oxygen atoms in total. The van der Waals surface area contributed by atoms with Gasteiger partial charge in [0, 0.05) is 25.7 Å². The molecule has 0 aliphatic carbocycles. The fourth-order valence-electron chi connectivity index (χ4n) is 2.04. The van der Waals surface area contributed by atoms with Crippen LogP contribution in [-0.2, 0) is 6.61 Å². The van der Waals surface area contributed by atoms with E-state index >= 15 is 0 Å². The molecule has 0 unspecified atom stereocenters. The van der Waals surface area contributed by atoms with Crippen molar-refractivity contribution in [1.29, 1.82) is 0 Å². The van der Waals surface area contributed by atoms with Crippen molar-refractivity contribution in [3.8, 4) is 5.75 Å². The van der Waals surface area contributed by atoms with Crippen LogP contribution in [0.25, 0.3) is 0 Å². The number of amides is 1. The quantitative estimate of drug-likeness (QED) is 0.854. The Balaban J connectivity index is 1.91. The van der Waals surface area contributed by atoms with Gasteiger partial charge in [0.2, 0.25) is 0 Å². The molecule has 4 heteroatoms. The zero-order valence-corrected chi connectivity index (χ0v) is 13.1. The molecule has 0 aliphatic heterocycles. The fourth-order valence-corrected chi connectivity index (χ4v) is 2.04. The van der Waals surface area contributed by atoms with Crippen LogP contribution in [0.3, 0.4) is 0 Å². The Morgan fingerprint density at radius 2 is 1.77 bits per heavy atom. The molecule has 0 fully saturated rings. The molecule has 22 heavy (non-hydrogen) atoms. The van der Waals surface area contributed by atoms with E-state index in [9.17, 15) is 4.79 Å². The summed E-state index contributed by atoms with van der Waals surface area (Å²) in [5.41, 5.74) is 1.79. The number of nitrogens with one attached hydrogen (secondary N) is 1. The van der Waals surface area contributed by atoms with Gasteiger partial charge in [0.05, 0.1) is 0 Å². The Labute approximate surface area is 131 Å². The second-order valence-electron chi connectivity index (χ2n) is 5.13. The number of hydrogen-bond donors (Lipinski definition) is 1. The predicted molar refractivity (Wildman–Crippen MR) is 88.1 cm³/mol. The Morgan fingerprint density at radius 1 is 1.09 bits per heavy atom. The van der Waals surface area contributed by atoms with Gasteiger partial charge in [-0.15, -0.1) is 0 Å². The van der Waals surface area contributed by atoms with E-state index in [1.165, 1.54) is 0 Å². The van der Waals surface area contributed by atoms with Gasteiger partial charge in [-0.05, 0) is 36.9 Å². The molecule has 0 heterocycles. The summed E-state index contributed by atoms with van der Waals surface area (Å²) in [7, 11) is 3.68. The van der Waals surface area contributed by atoms with Gasteiger partial charge in [0.1, 0.15) is 12.4 Å². The van der Waals surface area contributed by atoms with Gasteiger partial charge >= 0.3 is 0 Å². The van der Waals surface area contributed by atoms with Crippen molar-refractivity contribution in [3.63, 3.8) is 0 Å².